The quantitative estimate of drug-likeness (QED) is 0.619. The molecule has 0 aromatic rings. The molecule has 2 N–H and O–H groups in total. The summed E-state index contributed by atoms with van der Waals surface area (Å²) < 4.78 is 33.3. The summed E-state index contributed by atoms with van der Waals surface area (Å²) in [4.78, 5) is 11.7. The van der Waals surface area contributed by atoms with E-state index >= 15 is 0 Å². The highest BCUT2D eigenvalue weighted by molar-refractivity contribution is 7.87. The second-order valence-electron chi connectivity index (χ2n) is 5.42. The van der Waals surface area contributed by atoms with Crippen molar-refractivity contribution in [3.8, 4) is 0 Å². The molecule has 7 nitrogen and oxygen atoms in total. The van der Waals surface area contributed by atoms with Crippen LogP contribution in [0.5, 0.6) is 0 Å². The normalized spacial score (nSPS) is 22.0. The number of piperidine rings is 1. The van der Waals surface area contributed by atoms with Gasteiger partial charge in [0.2, 0.25) is 0 Å². The number of carbonyl (C=O) groups is 1. The molecule has 1 aliphatic heterocycles. The van der Waals surface area contributed by atoms with Crippen LogP contribution in [0, 0.1) is 11.8 Å². The van der Waals surface area contributed by atoms with Crippen molar-refractivity contribution in [2.24, 2.45) is 11.8 Å². The maximum Gasteiger partial charge on any atom is 0.310 e. The van der Waals surface area contributed by atoms with Crippen LogP contribution in [0.4, 0.5) is 0 Å². The number of nitrogens with one attached hydrogen (secondary N) is 1. The van der Waals surface area contributed by atoms with E-state index in [9.17, 15) is 13.2 Å². The van der Waals surface area contributed by atoms with Crippen molar-refractivity contribution in [1.29, 1.82) is 0 Å². The molecule has 1 rings (SSSR count). The average molecular weight is 322 g/mol. The molecule has 8 heteroatoms. The zero-order valence-corrected chi connectivity index (χ0v) is 13.6. The van der Waals surface area contributed by atoms with Crippen LogP contribution < -0.4 is 4.72 Å². The van der Waals surface area contributed by atoms with Crippen molar-refractivity contribution in [2.45, 2.75) is 33.1 Å². The van der Waals surface area contributed by atoms with E-state index in [1.807, 2.05) is 6.92 Å². The molecule has 0 bridgehead atoms. The van der Waals surface area contributed by atoms with E-state index in [1.165, 1.54) is 4.31 Å². The van der Waals surface area contributed by atoms with Crippen LogP contribution in [0.3, 0.4) is 0 Å². The number of rotatable bonds is 8. The number of hydrogen-bond donors (Lipinski definition) is 2. The lowest BCUT2D eigenvalue weighted by Crippen LogP contribution is -2.48. The van der Waals surface area contributed by atoms with E-state index in [0.717, 1.165) is 0 Å². The highest BCUT2D eigenvalue weighted by atomic mass is 32.2. The molecule has 1 fully saturated rings. The van der Waals surface area contributed by atoms with Crippen LogP contribution >= 0.6 is 0 Å². The fraction of sp³-hybridized carbons (Fsp3) is 0.923. The standard InChI is InChI=1S/C13H26N2O5S/c1-3-20-13(17)12-5-4-7-15(10-12)21(18,19)14-9-11(2)6-8-16/h11-12,14,16H,3-10H2,1-2H3. The first-order valence-electron chi connectivity index (χ1n) is 7.43. The van der Waals surface area contributed by atoms with Gasteiger partial charge in [0.25, 0.3) is 10.2 Å². The monoisotopic (exact) mass is 322 g/mol. The third-order valence-corrected chi connectivity index (χ3v) is 5.12. The van der Waals surface area contributed by atoms with Gasteiger partial charge in [-0.3, -0.25) is 4.79 Å². The van der Waals surface area contributed by atoms with Crippen molar-refractivity contribution < 1.29 is 23.1 Å². The first kappa shape index (κ1) is 18.3. The van der Waals surface area contributed by atoms with Gasteiger partial charge in [0.1, 0.15) is 0 Å². The Morgan fingerprint density at radius 2 is 2.24 bits per heavy atom. The largest absolute Gasteiger partial charge is 0.466 e. The fourth-order valence-corrected chi connectivity index (χ4v) is 3.70. The van der Waals surface area contributed by atoms with E-state index in [4.69, 9.17) is 9.84 Å². The molecule has 0 aliphatic carbocycles. The number of esters is 1. The van der Waals surface area contributed by atoms with Gasteiger partial charge < -0.3 is 9.84 Å². The van der Waals surface area contributed by atoms with Crippen LogP contribution in [0.15, 0.2) is 0 Å². The predicted octanol–water partition coefficient (Wildman–Crippen LogP) is 0.114. The smallest absolute Gasteiger partial charge is 0.310 e. The van der Waals surface area contributed by atoms with Gasteiger partial charge in [-0.15, -0.1) is 0 Å². The summed E-state index contributed by atoms with van der Waals surface area (Å²) in [6.07, 6.45) is 1.86. The summed E-state index contributed by atoms with van der Waals surface area (Å²) in [5.74, 6) is -0.647. The summed E-state index contributed by atoms with van der Waals surface area (Å²) in [7, 11) is -3.58. The Morgan fingerprint density at radius 3 is 2.86 bits per heavy atom. The minimum atomic E-state index is -3.58. The Balaban J connectivity index is 2.55. The number of aliphatic hydroxyl groups is 1. The second-order valence-corrected chi connectivity index (χ2v) is 7.18. The van der Waals surface area contributed by atoms with Crippen molar-refractivity contribution in [3.63, 3.8) is 0 Å². The summed E-state index contributed by atoms with van der Waals surface area (Å²) in [5, 5.41) is 8.82. The SMILES string of the molecule is CCOC(=O)C1CCCN(S(=O)(=O)NCC(C)CCO)C1. The molecule has 0 radical (unpaired) electrons. The molecule has 0 aromatic heterocycles. The number of carbonyl (C=O) groups excluding carboxylic acids is 1. The lowest BCUT2D eigenvalue weighted by atomic mass is 10.0. The highest BCUT2D eigenvalue weighted by Gasteiger charge is 2.32. The molecule has 21 heavy (non-hydrogen) atoms. The molecule has 1 aliphatic rings. The van der Waals surface area contributed by atoms with Crippen LogP contribution in [-0.2, 0) is 19.7 Å². The fourth-order valence-electron chi connectivity index (χ4n) is 2.27. The summed E-state index contributed by atoms with van der Waals surface area (Å²) in [6, 6.07) is 0. The first-order chi connectivity index (χ1) is 9.90. The van der Waals surface area contributed by atoms with Crippen LogP contribution in [0.1, 0.15) is 33.1 Å². The Hall–Kier alpha value is -0.700. The molecule has 0 aromatic carbocycles. The Kier molecular flexibility index (Phi) is 7.58. The Bertz CT molecular complexity index is 426. The van der Waals surface area contributed by atoms with Crippen LogP contribution in [-0.4, -0.2) is 56.6 Å². The minimum Gasteiger partial charge on any atom is -0.466 e. The van der Waals surface area contributed by atoms with Gasteiger partial charge in [-0.2, -0.15) is 12.7 Å². The van der Waals surface area contributed by atoms with Crippen LogP contribution in [0.2, 0.25) is 0 Å². The molecule has 2 unspecified atom stereocenters. The molecule has 0 amide bonds. The first-order valence-corrected chi connectivity index (χ1v) is 8.87. The zero-order chi connectivity index (χ0) is 15.9. The van der Waals surface area contributed by atoms with E-state index < -0.39 is 10.2 Å². The Morgan fingerprint density at radius 1 is 1.52 bits per heavy atom. The third kappa shape index (κ3) is 5.90. The molecular formula is C13H26N2O5S. The molecular weight excluding hydrogens is 296 g/mol. The molecule has 1 heterocycles. The van der Waals surface area contributed by atoms with Gasteiger partial charge in [0.05, 0.1) is 12.5 Å². The molecule has 1 saturated heterocycles. The maximum absolute atomic E-state index is 12.2. The zero-order valence-electron chi connectivity index (χ0n) is 12.7. The summed E-state index contributed by atoms with van der Waals surface area (Å²) in [6.45, 7) is 4.82. The highest BCUT2D eigenvalue weighted by Crippen LogP contribution is 2.20. The molecule has 124 valence electrons. The van der Waals surface area contributed by atoms with Gasteiger partial charge >= 0.3 is 5.97 Å². The van der Waals surface area contributed by atoms with Gasteiger partial charge in [-0.05, 0) is 32.1 Å². The molecule has 0 spiro atoms. The minimum absolute atomic E-state index is 0.0392. The van der Waals surface area contributed by atoms with Gasteiger partial charge in [-0.1, -0.05) is 6.92 Å². The number of aliphatic hydroxyl groups excluding tert-OH is 1. The second kappa shape index (κ2) is 8.67. The molecule has 2 atom stereocenters. The lowest BCUT2D eigenvalue weighted by molar-refractivity contribution is -0.149. The third-order valence-electron chi connectivity index (χ3n) is 3.58. The van der Waals surface area contributed by atoms with E-state index in [-0.39, 0.29) is 37.5 Å². The summed E-state index contributed by atoms with van der Waals surface area (Å²) >= 11 is 0. The predicted molar refractivity (Wildman–Crippen MR) is 78.7 cm³/mol. The van der Waals surface area contributed by atoms with Gasteiger partial charge in [-0.25, -0.2) is 4.72 Å². The average Bonchev–Trinajstić information content (AvgIpc) is 2.46. The summed E-state index contributed by atoms with van der Waals surface area (Å²) in [5.41, 5.74) is 0. The van der Waals surface area contributed by atoms with Gasteiger partial charge in [0.15, 0.2) is 0 Å². The number of nitrogens with zero attached hydrogens (tertiary/aromatic N) is 1. The lowest BCUT2D eigenvalue weighted by Gasteiger charge is -2.31. The van der Waals surface area contributed by atoms with Crippen molar-refractivity contribution in [2.75, 3.05) is 32.8 Å². The van der Waals surface area contributed by atoms with Crippen molar-refractivity contribution >= 4 is 16.2 Å². The Labute approximate surface area is 126 Å². The maximum atomic E-state index is 12.2. The van der Waals surface area contributed by atoms with Crippen molar-refractivity contribution in [3.05, 3.63) is 0 Å². The number of hydrogen-bond acceptors (Lipinski definition) is 5. The number of ether oxygens (including phenoxy) is 1. The van der Waals surface area contributed by atoms with Crippen molar-refractivity contribution in [1.82, 2.24) is 9.03 Å². The van der Waals surface area contributed by atoms with E-state index in [1.54, 1.807) is 6.92 Å². The van der Waals surface area contributed by atoms with E-state index in [2.05, 4.69) is 4.72 Å². The van der Waals surface area contributed by atoms with E-state index in [0.29, 0.717) is 32.4 Å². The van der Waals surface area contributed by atoms with Crippen LogP contribution in [0.25, 0.3) is 0 Å². The molecule has 0 saturated carbocycles. The topological polar surface area (TPSA) is 95.9 Å². The van der Waals surface area contributed by atoms with Gasteiger partial charge in [0, 0.05) is 26.2 Å².